The van der Waals surface area contributed by atoms with Gasteiger partial charge in [-0.2, -0.15) is 0 Å². The number of anilines is 1. The molecule has 0 fully saturated rings. The van der Waals surface area contributed by atoms with E-state index in [1.165, 1.54) is 6.20 Å². The monoisotopic (exact) mass is 249 g/mol. The summed E-state index contributed by atoms with van der Waals surface area (Å²) in [6.07, 6.45) is 2.46. The van der Waals surface area contributed by atoms with Crippen LogP contribution in [0.1, 0.15) is 11.7 Å². The second-order valence-corrected chi connectivity index (χ2v) is 3.86. The lowest BCUT2D eigenvalue weighted by Crippen LogP contribution is -2.13. The maximum atomic E-state index is 9.92. The Morgan fingerprint density at radius 2 is 1.88 bits per heavy atom. The lowest BCUT2D eigenvalue weighted by molar-refractivity contribution is 0.191. The molecule has 0 spiro atoms. The number of rotatable bonds is 4. The SMILES string of the molecule is OC(CNc1nccnc1Cl)c1ccccc1. The summed E-state index contributed by atoms with van der Waals surface area (Å²) in [5.41, 5.74) is 0.847. The van der Waals surface area contributed by atoms with Gasteiger partial charge >= 0.3 is 0 Å². The summed E-state index contributed by atoms with van der Waals surface area (Å²) < 4.78 is 0. The van der Waals surface area contributed by atoms with Crippen LogP contribution in [0, 0.1) is 0 Å². The van der Waals surface area contributed by atoms with Gasteiger partial charge in [-0.15, -0.1) is 0 Å². The van der Waals surface area contributed by atoms with Gasteiger partial charge in [0.25, 0.3) is 0 Å². The summed E-state index contributed by atoms with van der Waals surface area (Å²) in [7, 11) is 0. The number of aromatic nitrogens is 2. The van der Waals surface area contributed by atoms with Gasteiger partial charge in [0.05, 0.1) is 6.10 Å². The van der Waals surface area contributed by atoms with E-state index >= 15 is 0 Å². The van der Waals surface area contributed by atoms with Crippen molar-refractivity contribution in [2.24, 2.45) is 0 Å². The zero-order chi connectivity index (χ0) is 12.1. The van der Waals surface area contributed by atoms with Gasteiger partial charge in [0.1, 0.15) is 0 Å². The van der Waals surface area contributed by atoms with Crippen molar-refractivity contribution in [1.82, 2.24) is 9.97 Å². The van der Waals surface area contributed by atoms with E-state index in [4.69, 9.17) is 11.6 Å². The highest BCUT2D eigenvalue weighted by Gasteiger charge is 2.08. The molecule has 0 saturated heterocycles. The second kappa shape index (κ2) is 5.61. The van der Waals surface area contributed by atoms with Gasteiger partial charge in [0.15, 0.2) is 11.0 Å². The molecule has 2 aromatic rings. The number of benzene rings is 1. The van der Waals surface area contributed by atoms with Crippen LogP contribution in [0.15, 0.2) is 42.7 Å². The number of hydrogen-bond donors (Lipinski definition) is 2. The van der Waals surface area contributed by atoms with Crippen LogP contribution in [0.3, 0.4) is 0 Å². The lowest BCUT2D eigenvalue weighted by atomic mass is 10.1. The number of hydrogen-bond acceptors (Lipinski definition) is 4. The Hall–Kier alpha value is -1.65. The Morgan fingerprint density at radius 3 is 2.59 bits per heavy atom. The number of aliphatic hydroxyl groups is 1. The van der Waals surface area contributed by atoms with Crippen molar-refractivity contribution in [3.8, 4) is 0 Å². The fraction of sp³-hybridized carbons (Fsp3) is 0.167. The van der Waals surface area contributed by atoms with Crippen LogP contribution in [0.4, 0.5) is 5.82 Å². The molecule has 1 atom stereocenters. The number of halogens is 1. The molecule has 2 rings (SSSR count). The highest BCUT2D eigenvalue weighted by atomic mass is 35.5. The van der Waals surface area contributed by atoms with Crippen LogP contribution >= 0.6 is 11.6 Å². The van der Waals surface area contributed by atoms with Crippen molar-refractivity contribution in [3.63, 3.8) is 0 Å². The summed E-state index contributed by atoms with van der Waals surface area (Å²) >= 11 is 5.84. The number of nitrogens with one attached hydrogen (secondary N) is 1. The van der Waals surface area contributed by atoms with E-state index in [0.717, 1.165) is 5.56 Å². The minimum absolute atomic E-state index is 0.299. The van der Waals surface area contributed by atoms with Crippen molar-refractivity contribution in [1.29, 1.82) is 0 Å². The fourth-order valence-electron chi connectivity index (χ4n) is 1.43. The van der Waals surface area contributed by atoms with Crippen LogP contribution in [-0.4, -0.2) is 21.6 Å². The maximum absolute atomic E-state index is 9.92. The first-order valence-corrected chi connectivity index (χ1v) is 5.58. The van der Waals surface area contributed by atoms with Crippen LogP contribution < -0.4 is 5.32 Å². The molecule has 88 valence electrons. The van der Waals surface area contributed by atoms with E-state index in [1.807, 2.05) is 30.3 Å². The first-order chi connectivity index (χ1) is 8.27. The zero-order valence-electron chi connectivity index (χ0n) is 9.05. The minimum atomic E-state index is -0.603. The molecule has 1 aromatic heterocycles. The molecule has 2 N–H and O–H groups in total. The van der Waals surface area contributed by atoms with Gasteiger partial charge in [-0.25, -0.2) is 9.97 Å². The number of aliphatic hydroxyl groups excluding tert-OH is 1. The third kappa shape index (κ3) is 3.15. The largest absolute Gasteiger partial charge is 0.387 e. The molecule has 1 unspecified atom stereocenters. The van der Waals surface area contributed by atoms with E-state index < -0.39 is 6.10 Å². The van der Waals surface area contributed by atoms with Gasteiger partial charge in [-0.3, -0.25) is 0 Å². The Balaban J connectivity index is 1.97. The molecule has 0 bridgehead atoms. The summed E-state index contributed by atoms with van der Waals surface area (Å²) in [6, 6.07) is 9.40. The van der Waals surface area contributed by atoms with Crippen LogP contribution in [0.5, 0.6) is 0 Å². The van der Waals surface area contributed by atoms with Crippen molar-refractivity contribution in [2.75, 3.05) is 11.9 Å². The number of nitrogens with zero attached hydrogens (tertiary/aromatic N) is 2. The standard InChI is InChI=1S/C12H12ClN3O/c13-11-12(15-7-6-14-11)16-8-10(17)9-4-2-1-3-5-9/h1-7,10,17H,8H2,(H,15,16). The third-order valence-corrected chi connectivity index (χ3v) is 2.58. The van der Waals surface area contributed by atoms with Gasteiger partial charge in [0.2, 0.25) is 0 Å². The molecule has 0 aliphatic carbocycles. The van der Waals surface area contributed by atoms with Gasteiger partial charge < -0.3 is 10.4 Å². The molecule has 0 aliphatic heterocycles. The van der Waals surface area contributed by atoms with E-state index in [0.29, 0.717) is 17.5 Å². The zero-order valence-corrected chi connectivity index (χ0v) is 9.80. The van der Waals surface area contributed by atoms with E-state index in [1.54, 1.807) is 6.20 Å². The molecule has 0 radical (unpaired) electrons. The van der Waals surface area contributed by atoms with Crippen molar-refractivity contribution >= 4 is 17.4 Å². The molecule has 17 heavy (non-hydrogen) atoms. The molecule has 1 heterocycles. The van der Waals surface area contributed by atoms with Crippen LogP contribution in [-0.2, 0) is 0 Å². The maximum Gasteiger partial charge on any atom is 0.171 e. The first kappa shape index (κ1) is 11.8. The average molecular weight is 250 g/mol. The quantitative estimate of drug-likeness (QED) is 0.873. The van der Waals surface area contributed by atoms with Crippen molar-refractivity contribution in [3.05, 3.63) is 53.4 Å². The summed E-state index contributed by atoms with van der Waals surface area (Å²) in [5.74, 6) is 0.476. The molecule has 5 heteroatoms. The molecular formula is C12H12ClN3O. The first-order valence-electron chi connectivity index (χ1n) is 5.21. The van der Waals surface area contributed by atoms with E-state index in [-0.39, 0.29) is 0 Å². The minimum Gasteiger partial charge on any atom is -0.387 e. The van der Waals surface area contributed by atoms with Crippen LogP contribution in [0.25, 0.3) is 0 Å². The Labute approximate surface area is 104 Å². The van der Waals surface area contributed by atoms with Gasteiger partial charge in [0, 0.05) is 18.9 Å². The summed E-state index contributed by atoms with van der Waals surface area (Å²) in [5, 5.41) is 13.2. The fourth-order valence-corrected chi connectivity index (χ4v) is 1.60. The highest BCUT2D eigenvalue weighted by Crippen LogP contribution is 2.17. The average Bonchev–Trinajstić information content (AvgIpc) is 2.38. The molecule has 4 nitrogen and oxygen atoms in total. The molecule has 1 aromatic carbocycles. The normalized spacial score (nSPS) is 12.1. The Morgan fingerprint density at radius 1 is 1.18 bits per heavy atom. The Bertz CT molecular complexity index is 478. The predicted octanol–water partition coefficient (Wildman–Crippen LogP) is 2.28. The second-order valence-electron chi connectivity index (χ2n) is 3.50. The van der Waals surface area contributed by atoms with Crippen molar-refractivity contribution in [2.45, 2.75) is 6.10 Å². The molecule has 0 aliphatic rings. The van der Waals surface area contributed by atoms with E-state index in [2.05, 4.69) is 15.3 Å². The van der Waals surface area contributed by atoms with E-state index in [9.17, 15) is 5.11 Å². The molecular weight excluding hydrogens is 238 g/mol. The summed E-state index contributed by atoms with van der Waals surface area (Å²) in [4.78, 5) is 7.92. The van der Waals surface area contributed by atoms with Gasteiger partial charge in [-0.1, -0.05) is 41.9 Å². The van der Waals surface area contributed by atoms with Crippen molar-refractivity contribution < 1.29 is 5.11 Å². The summed E-state index contributed by atoms with van der Waals surface area (Å²) in [6.45, 7) is 0.336. The lowest BCUT2D eigenvalue weighted by Gasteiger charge is -2.12. The Kier molecular flexibility index (Phi) is 3.90. The van der Waals surface area contributed by atoms with Crippen LogP contribution in [0.2, 0.25) is 5.15 Å². The molecule has 0 amide bonds. The highest BCUT2D eigenvalue weighted by molar-refractivity contribution is 6.31. The third-order valence-electron chi connectivity index (χ3n) is 2.30. The predicted molar refractivity (Wildman–Crippen MR) is 66.9 cm³/mol. The molecule has 0 saturated carbocycles. The van der Waals surface area contributed by atoms with Gasteiger partial charge in [-0.05, 0) is 5.56 Å². The smallest absolute Gasteiger partial charge is 0.171 e. The topological polar surface area (TPSA) is 58.0 Å².